The molecule has 0 saturated heterocycles. The molecule has 0 bridgehead atoms. The molecule has 11 aromatic rings. The Hall–Kier alpha value is -5.98. The van der Waals surface area contributed by atoms with Crippen LogP contribution in [0.25, 0.3) is 81.6 Å². The normalized spacial score (nSPS) is 12.1. The van der Waals surface area contributed by atoms with Gasteiger partial charge in [0.2, 0.25) is 0 Å². The second-order valence-corrected chi connectivity index (χ2v) is 23.3. The molecule has 0 aliphatic rings. The van der Waals surface area contributed by atoms with Crippen LogP contribution in [0.4, 0.5) is 17.1 Å². The third-order valence-corrected chi connectivity index (χ3v) is 19.3. The van der Waals surface area contributed by atoms with Gasteiger partial charge < -0.3 is 24.0 Å². The van der Waals surface area contributed by atoms with Gasteiger partial charge in [0, 0.05) is 62.5 Å². The number of nitrogens with zero attached hydrogens (tertiary/aromatic N) is 3. The number of benzene rings is 4. The van der Waals surface area contributed by atoms with Crippen molar-refractivity contribution in [3.8, 4) is 33.7 Å². The lowest BCUT2D eigenvalue weighted by molar-refractivity contribution is -0.132. The zero-order valence-corrected chi connectivity index (χ0v) is 43.0. The van der Waals surface area contributed by atoms with Gasteiger partial charge in [-0.3, -0.25) is 0 Å². The van der Waals surface area contributed by atoms with Crippen molar-refractivity contribution in [2.45, 2.75) is 65.2 Å². The van der Waals surface area contributed by atoms with Gasteiger partial charge in [0.05, 0.1) is 48.7 Å². The third kappa shape index (κ3) is 8.84. The van der Waals surface area contributed by atoms with Gasteiger partial charge >= 0.3 is 5.97 Å². The van der Waals surface area contributed by atoms with E-state index in [2.05, 4.69) is 119 Å². The highest BCUT2D eigenvalue weighted by atomic mass is 32.1. The SMILES string of the molecule is CCCCCCOc1ccc(-n2c3cc(/C=C(/C#N)C(=O)O)sc3c3sc(-c4ccc(N(c5ccc6c(c5)sc5ccsc56)c5ccc6c(c5)sc5ccsc56)cc4)cc32)c(OCCCCCC)c1. The fraction of sp³-hybridized carbons (Fsp3) is 0.214. The van der Waals surface area contributed by atoms with E-state index in [0.29, 0.717) is 18.1 Å². The monoisotopic (exact) mass is 1020 g/mol. The van der Waals surface area contributed by atoms with Crippen LogP contribution in [-0.2, 0) is 4.79 Å². The van der Waals surface area contributed by atoms with Gasteiger partial charge in [0.25, 0.3) is 0 Å². The molecule has 0 amide bonds. The topological polar surface area (TPSA) is 87.7 Å². The zero-order valence-electron chi connectivity index (χ0n) is 38.1. The van der Waals surface area contributed by atoms with Gasteiger partial charge in [-0.2, -0.15) is 5.26 Å². The maximum Gasteiger partial charge on any atom is 0.346 e. The van der Waals surface area contributed by atoms with Crippen LogP contribution in [0.1, 0.15) is 70.1 Å². The van der Waals surface area contributed by atoms with Crippen LogP contribution in [-0.4, -0.2) is 28.9 Å². The van der Waals surface area contributed by atoms with Crippen molar-refractivity contribution >= 4 is 157 Å². The average Bonchev–Trinajstić information content (AvgIpc) is 4.23. The number of carboxylic acid groups (broad SMARTS) is 1. The number of fused-ring (bicyclic) bond motifs is 9. The summed E-state index contributed by atoms with van der Waals surface area (Å²) in [6.45, 7) is 5.65. The second-order valence-electron chi connectivity index (χ2n) is 17.1. The van der Waals surface area contributed by atoms with Crippen LogP contribution < -0.4 is 14.4 Å². The van der Waals surface area contributed by atoms with Crippen LogP contribution in [0.3, 0.4) is 0 Å². The van der Waals surface area contributed by atoms with Crippen molar-refractivity contribution in [1.29, 1.82) is 5.26 Å². The molecule has 0 saturated carbocycles. The fourth-order valence-electron chi connectivity index (χ4n) is 9.09. The maximum atomic E-state index is 12.0. The number of carboxylic acids is 1. The van der Waals surface area contributed by atoms with E-state index in [1.807, 2.05) is 46.9 Å². The molecule has 0 atom stereocenters. The number of unbranched alkanes of at least 4 members (excludes halogenated alkanes) is 6. The fourth-order valence-corrected chi connectivity index (χ4v) is 16.0. The number of rotatable bonds is 19. The van der Waals surface area contributed by atoms with Gasteiger partial charge in [0.1, 0.15) is 23.1 Å². The molecule has 0 spiro atoms. The Morgan fingerprint density at radius 2 is 1.25 bits per heavy atom. The Morgan fingerprint density at radius 3 is 1.87 bits per heavy atom. The molecule has 1 N–H and O–H groups in total. The number of aliphatic carboxylic acids is 1. The molecule has 7 aromatic heterocycles. The summed E-state index contributed by atoms with van der Waals surface area (Å²) in [5.74, 6) is 0.269. The van der Waals surface area contributed by atoms with Gasteiger partial charge in [-0.15, -0.1) is 68.0 Å². The van der Waals surface area contributed by atoms with Gasteiger partial charge in [-0.25, -0.2) is 4.79 Å². The summed E-state index contributed by atoms with van der Waals surface area (Å²) in [6.07, 6.45) is 10.3. The summed E-state index contributed by atoms with van der Waals surface area (Å²) < 4.78 is 25.2. The Balaban J connectivity index is 1.00. The van der Waals surface area contributed by atoms with Crippen molar-refractivity contribution in [3.63, 3.8) is 0 Å². The van der Waals surface area contributed by atoms with E-state index < -0.39 is 5.97 Å². The molecule has 4 aromatic carbocycles. The maximum absolute atomic E-state index is 12.0. The summed E-state index contributed by atoms with van der Waals surface area (Å²) in [7, 11) is 0. The minimum atomic E-state index is -1.24. The molecule has 0 unspecified atom stereocenters. The first-order valence-corrected chi connectivity index (χ1v) is 28.4. The van der Waals surface area contributed by atoms with Crippen LogP contribution in [0.15, 0.2) is 119 Å². The van der Waals surface area contributed by atoms with E-state index in [0.717, 1.165) is 104 Å². The minimum absolute atomic E-state index is 0.301. The van der Waals surface area contributed by atoms with Gasteiger partial charge in [0.15, 0.2) is 0 Å². The first-order chi connectivity index (χ1) is 33.9. The highest BCUT2D eigenvalue weighted by molar-refractivity contribution is 7.33. The Labute approximate surface area is 423 Å². The van der Waals surface area contributed by atoms with Crippen LogP contribution in [0, 0.1) is 11.3 Å². The number of hydrogen-bond acceptors (Lipinski definition) is 11. The molecule has 0 fully saturated rings. The molecular weight excluding hydrogens is 971 g/mol. The second kappa shape index (κ2) is 19.8. The Morgan fingerprint density at radius 1 is 0.638 bits per heavy atom. The smallest absolute Gasteiger partial charge is 0.346 e. The van der Waals surface area contributed by atoms with Crippen molar-refractivity contribution in [1.82, 2.24) is 4.57 Å². The van der Waals surface area contributed by atoms with Crippen molar-refractivity contribution < 1.29 is 19.4 Å². The number of aromatic nitrogens is 1. The number of hydrogen-bond donors (Lipinski definition) is 1. The van der Waals surface area contributed by atoms with Crippen LogP contribution in [0.5, 0.6) is 11.5 Å². The van der Waals surface area contributed by atoms with E-state index in [9.17, 15) is 15.2 Å². The van der Waals surface area contributed by atoms with E-state index in [4.69, 9.17) is 9.47 Å². The first kappa shape index (κ1) is 45.5. The van der Waals surface area contributed by atoms with Crippen molar-refractivity contribution in [3.05, 3.63) is 124 Å². The standard InChI is InChI=1S/C56H47N3O4S6/c1-3-5-7-9-23-62-39-17-20-43(46(30-39)63-24-10-8-6-4-2)59-44-31-40(27-35(33-57)56(60)61)66-54(44)55-45(59)32-49(69-55)34-11-13-36(14-12-34)58(37-15-18-41-50(28-37)67-47-21-25-64-52(41)47)38-16-19-42-51(29-38)68-48-22-26-65-53(42)48/h11-22,25-32H,3-10,23-24H2,1-2H3,(H,60,61)/b35-27-. The van der Waals surface area contributed by atoms with Gasteiger partial charge in [-0.05, 0) is 108 Å². The Bertz CT molecular complexity index is 3630. The lowest BCUT2D eigenvalue weighted by atomic mass is 10.1. The third-order valence-electron chi connectivity index (χ3n) is 12.5. The molecule has 7 heterocycles. The quantitative estimate of drug-likeness (QED) is 0.0493. The lowest BCUT2D eigenvalue weighted by Gasteiger charge is -2.26. The molecule has 0 aliphatic carbocycles. The number of ether oxygens (including phenoxy) is 2. The molecule has 0 radical (unpaired) electrons. The van der Waals surface area contributed by atoms with Crippen molar-refractivity contribution in [2.75, 3.05) is 18.1 Å². The predicted molar refractivity (Wildman–Crippen MR) is 299 cm³/mol. The summed E-state index contributed by atoms with van der Waals surface area (Å²) in [5.41, 5.74) is 6.94. The highest BCUT2D eigenvalue weighted by Crippen LogP contribution is 2.49. The predicted octanol–water partition coefficient (Wildman–Crippen LogP) is 18.8. The molecule has 69 heavy (non-hydrogen) atoms. The average molecular weight is 1020 g/mol. The number of thiophene rings is 6. The molecule has 7 nitrogen and oxygen atoms in total. The molecule has 0 aliphatic heterocycles. The molecule has 346 valence electrons. The molecule has 11 rings (SSSR count). The van der Waals surface area contributed by atoms with Gasteiger partial charge in [-0.1, -0.05) is 76.6 Å². The van der Waals surface area contributed by atoms with Crippen LogP contribution >= 0.6 is 68.0 Å². The van der Waals surface area contributed by atoms with E-state index in [1.54, 1.807) is 34.0 Å². The summed E-state index contributed by atoms with van der Waals surface area (Å²) in [6, 6.07) is 39.3. The zero-order chi connectivity index (χ0) is 47.0. The Kier molecular flexibility index (Phi) is 13.0. The number of nitriles is 1. The van der Waals surface area contributed by atoms with E-state index >= 15 is 0 Å². The molecule has 13 heteroatoms. The number of carbonyl (C=O) groups is 1. The van der Waals surface area contributed by atoms with Crippen LogP contribution in [0.2, 0.25) is 0 Å². The largest absolute Gasteiger partial charge is 0.493 e. The first-order valence-electron chi connectivity index (χ1n) is 23.4. The lowest BCUT2D eigenvalue weighted by Crippen LogP contribution is -2.09. The molecular formula is C56H47N3O4S6. The highest BCUT2D eigenvalue weighted by Gasteiger charge is 2.23. The summed E-state index contributed by atoms with van der Waals surface area (Å²) in [4.78, 5) is 16.2. The minimum Gasteiger partial charge on any atom is -0.493 e. The summed E-state index contributed by atoms with van der Waals surface area (Å²) >= 11 is 10.5. The van der Waals surface area contributed by atoms with E-state index in [-0.39, 0.29) is 5.57 Å². The summed E-state index contributed by atoms with van der Waals surface area (Å²) in [5, 5.41) is 26.4. The van der Waals surface area contributed by atoms with E-state index in [1.165, 1.54) is 69.2 Å². The number of anilines is 3. The van der Waals surface area contributed by atoms with Crippen molar-refractivity contribution in [2.24, 2.45) is 0 Å².